The molecule has 3 heterocycles. The topological polar surface area (TPSA) is 79.5 Å². The van der Waals surface area contributed by atoms with Gasteiger partial charge in [-0.05, 0) is 44.5 Å². The van der Waals surface area contributed by atoms with E-state index in [0.717, 1.165) is 10.6 Å². The fourth-order valence-electron chi connectivity index (χ4n) is 3.80. The van der Waals surface area contributed by atoms with Gasteiger partial charge in [0, 0.05) is 42.7 Å². The van der Waals surface area contributed by atoms with Gasteiger partial charge in [-0.3, -0.25) is 0 Å². The maximum absolute atomic E-state index is 13.4. The number of hydrogen-bond acceptors (Lipinski definition) is 7. The van der Waals surface area contributed by atoms with Gasteiger partial charge in [0.2, 0.25) is 21.7 Å². The summed E-state index contributed by atoms with van der Waals surface area (Å²) in [6.07, 6.45) is 0.644. The maximum Gasteiger partial charge on any atom is 0.244 e. The molecule has 1 aliphatic heterocycles. The number of hydrogen-bond donors (Lipinski definition) is 0. The van der Waals surface area contributed by atoms with Gasteiger partial charge in [0.15, 0.2) is 0 Å². The van der Waals surface area contributed by atoms with Crippen molar-refractivity contribution < 1.29 is 12.9 Å². The van der Waals surface area contributed by atoms with E-state index in [4.69, 9.17) is 4.52 Å². The van der Waals surface area contributed by atoms with E-state index in [9.17, 15) is 8.42 Å². The van der Waals surface area contributed by atoms with Crippen LogP contribution in [0, 0.1) is 13.8 Å². The molecule has 1 aliphatic rings. The summed E-state index contributed by atoms with van der Waals surface area (Å²) >= 11 is 1.38. The lowest BCUT2D eigenvalue weighted by Crippen LogP contribution is -2.53. The first-order valence-electron chi connectivity index (χ1n) is 10.1. The molecule has 7 nitrogen and oxygen atoms in total. The van der Waals surface area contributed by atoms with Gasteiger partial charge in [0.25, 0.3) is 0 Å². The minimum atomic E-state index is -3.59. The number of anilines is 1. The SMILES string of the molecule is CCc1nc(-c2cc(S(=O)(=O)N3CCN(c4cccc(C)c4)[C@H](C)C3)c(C)s2)no1. The maximum atomic E-state index is 13.4. The van der Waals surface area contributed by atoms with Crippen molar-refractivity contribution in [1.29, 1.82) is 0 Å². The highest BCUT2D eigenvalue weighted by molar-refractivity contribution is 7.89. The average Bonchev–Trinajstić information content (AvgIpc) is 3.34. The number of rotatable bonds is 5. The molecule has 1 saturated heterocycles. The highest BCUT2D eigenvalue weighted by atomic mass is 32.2. The van der Waals surface area contributed by atoms with Gasteiger partial charge < -0.3 is 9.42 Å². The fourth-order valence-corrected chi connectivity index (χ4v) is 6.80. The van der Waals surface area contributed by atoms with Gasteiger partial charge in [-0.2, -0.15) is 9.29 Å². The zero-order chi connectivity index (χ0) is 21.5. The number of piperazine rings is 1. The lowest BCUT2D eigenvalue weighted by atomic mass is 10.1. The Labute approximate surface area is 181 Å². The fraction of sp³-hybridized carbons (Fsp3) is 0.429. The van der Waals surface area contributed by atoms with Crippen molar-refractivity contribution >= 4 is 27.0 Å². The van der Waals surface area contributed by atoms with E-state index < -0.39 is 10.0 Å². The predicted molar refractivity (Wildman–Crippen MR) is 118 cm³/mol. The molecule has 0 radical (unpaired) electrons. The van der Waals surface area contributed by atoms with Crippen LogP contribution in [-0.4, -0.2) is 48.5 Å². The molecule has 160 valence electrons. The first-order chi connectivity index (χ1) is 14.3. The summed E-state index contributed by atoms with van der Waals surface area (Å²) in [5.74, 6) is 0.987. The van der Waals surface area contributed by atoms with Crippen LogP contribution in [0.25, 0.3) is 10.7 Å². The molecule has 0 amide bonds. The molecule has 0 unspecified atom stereocenters. The van der Waals surface area contributed by atoms with Crippen molar-refractivity contribution in [2.45, 2.75) is 45.1 Å². The normalized spacial score (nSPS) is 18.1. The van der Waals surface area contributed by atoms with Crippen molar-refractivity contribution in [3.8, 4) is 10.7 Å². The Kier molecular flexibility index (Phi) is 5.69. The quantitative estimate of drug-likeness (QED) is 0.592. The van der Waals surface area contributed by atoms with E-state index in [0.29, 0.717) is 47.5 Å². The molecule has 30 heavy (non-hydrogen) atoms. The van der Waals surface area contributed by atoms with Gasteiger partial charge >= 0.3 is 0 Å². The van der Waals surface area contributed by atoms with Crippen LogP contribution in [0.5, 0.6) is 0 Å². The summed E-state index contributed by atoms with van der Waals surface area (Å²) in [7, 11) is -3.59. The Hall–Kier alpha value is -2.23. The largest absolute Gasteiger partial charge is 0.366 e. The summed E-state index contributed by atoms with van der Waals surface area (Å²) in [6.45, 7) is 9.46. The zero-order valence-corrected chi connectivity index (χ0v) is 19.3. The van der Waals surface area contributed by atoms with Crippen LogP contribution >= 0.6 is 11.3 Å². The number of nitrogens with zero attached hydrogens (tertiary/aromatic N) is 4. The van der Waals surface area contributed by atoms with Gasteiger partial charge in [-0.1, -0.05) is 24.2 Å². The summed E-state index contributed by atoms with van der Waals surface area (Å²) in [4.78, 5) is 8.38. The highest BCUT2D eigenvalue weighted by Gasteiger charge is 2.34. The molecule has 0 N–H and O–H groups in total. The monoisotopic (exact) mass is 446 g/mol. The van der Waals surface area contributed by atoms with Crippen molar-refractivity contribution in [2.75, 3.05) is 24.5 Å². The first kappa shape index (κ1) is 21.0. The van der Waals surface area contributed by atoms with Gasteiger partial charge in [0.1, 0.15) is 0 Å². The van der Waals surface area contributed by atoms with E-state index in [1.807, 2.05) is 19.9 Å². The second-order valence-corrected chi connectivity index (χ2v) is 10.8. The van der Waals surface area contributed by atoms with Gasteiger partial charge in [-0.15, -0.1) is 11.3 Å². The molecule has 0 aliphatic carbocycles. The van der Waals surface area contributed by atoms with Crippen molar-refractivity contribution in [3.63, 3.8) is 0 Å². The summed E-state index contributed by atoms with van der Waals surface area (Å²) < 4.78 is 33.6. The summed E-state index contributed by atoms with van der Waals surface area (Å²) in [5.41, 5.74) is 2.33. The molecule has 3 aromatic rings. The second-order valence-electron chi connectivity index (χ2n) is 7.64. The third-order valence-corrected chi connectivity index (χ3v) is 8.57. The number of benzene rings is 1. The van der Waals surface area contributed by atoms with Gasteiger partial charge in [0.05, 0.1) is 9.77 Å². The number of aryl methyl sites for hydroxylation is 3. The molecule has 9 heteroatoms. The van der Waals surface area contributed by atoms with E-state index in [-0.39, 0.29) is 6.04 Å². The van der Waals surface area contributed by atoms with Crippen LogP contribution in [-0.2, 0) is 16.4 Å². The molecule has 1 atom stereocenters. The summed E-state index contributed by atoms with van der Waals surface area (Å²) in [5, 5.41) is 3.98. The Bertz CT molecular complexity index is 1150. The van der Waals surface area contributed by atoms with E-state index in [1.165, 1.54) is 16.9 Å². The standard InChI is InChI=1S/C21H26N4O3S2/c1-5-20-22-21(23-28-20)18-12-19(16(4)29-18)30(26,27)24-9-10-25(15(3)13-24)17-8-6-7-14(2)11-17/h6-8,11-12,15H,5,9-10,13H2,1-4H3/t15-/m1/s1. The second kappa shape index (κ2) is 8.13. The number of thiophene rings is 1. The smallest absolute Gasteiger partial charge is 0.244 e. The Morgan fingerprint density at radius 1 is 1.23 bits per heavy atom. The van der Waals surface area contributed by atoms with E-state index >= 15 is 0 Å². The number of sulfonamides is 1. The van der Waals surface area contributed by atoms with Crippen LogP contribution in [0.3, 0.4) is 0 Å². The van der Waals surface area contributed by atoms with E-state index in [2.05, 4.69) is 47.1 Å². The molecule has 0 spiro atoms. The first-order valence-corrected chi connectivity index (χ1v) is 12.3. The molecule has 0 bridgehead atoms. The Morgan fingerprint density at radius 3 is 2.70 bits per heavy atom. The van der Waals surface area contributed by atoms with Crippen LogP contribution in [0.15, 0.2) is 39.8 Å². The molecule has 1 aromatic carbocycles. The van der Waals surface area contributed by atoms with E-state index in [1.54, 1.807) is 10.4 Å². The predicted octanol–water partition coefficient (Wildman–Crippen LogP) is 3.88. The lowest BCUT2D eigenvalue weighted by Gasteiger charge is -2.40. The average molecular weight is 447 g/mol. The molecule has 0 saturated carbocycles. The highest BCUT2D eigenvalue weighted by Crippen LogP contribution is 2.34. The molecule has 4 rings (SSSR count). The Balaban J connectivity index is 1.56. The van der Waals surface area contributed by atoms with Crippen molar-refractivity contribution in [1.82, 2.24) is 14.4 Å². The minimum Gasteiger partial charge on any atom is -0.366 e. The third-order valence-electron chi connectivity index (χ3n) is 5.40. The van der Waals surface area contributed by atoms with Gasteiger partial charge in [-0.25, -0.2) is 8.42 Å². The lowest BCUT2D eigenvalue weighted by molar-refractivity contribution is 0.342. The minimum absolute atomic E-state index is 0.0815. The molecular weight excluding hydrogens is 420 g/mol. The van der Waals surface area contributed by atoms with Crippen LogP contribution in [0.4, 0.5) is 5.69 Å². The van der Waals surface area contributed by atoms with Crippen LogP contribution in [0.1, 0.15) is 30.2 Å². The Morgan fingerprint density at radius 2 is 2.03 bits per heavy atom. The molecule has 2 aromatic heterocycles. The van der Waals surface area contributed by atoms with Crippen LogP contribution in [0.2, 0.25) is 0 Å². The van der Waals surface area contributed by atoms with Crippen molar-refractivity contribution in [3.05, 3.63) is 46.7 Å². The molecular formula is C21H26N4O3S2. The van der Waals surface area contributed by atoms with Crippen LogP contribution < -0.4 is 4.90 Å². The zero-order valence-electron chi connectivity index (χ0n) is 17.6. The number of aromatic nitrogens is 2. The summed E-state index contributed by atoms with van der Waals surface area (Å²) in [6, 6.07) is 10.1. The van der Waals surface area contributed by atoms with Crippen molar-refractivity contribution in [2.24, 2.45) is 0 Å². The third kappa shape index (κ3) is 3.89. The molecule has 1 fully saturated rings.